The zero-order valence-corrected chi connectivity index (χ0v) is 13.2. The van der Waals surface area contributed by atoms with Crippen molar-refractivity contribution in [1.29, 1.82) is 0 Å². The van der Waals surface area contributed by atoms with Crippen molar-refractivity contribution in [2.24, 2.45) is 0 Å². The molecule has 1 saturated heterocycles. The second-order valence-corrected chi connectivity index (χ2v) is 5.89. The summed E-state index contributed by atoms with van der Waals surface area (Å²) in [5.41, 5.74) is 0. The zero-order chi connectivity index (χ0) is 14.5. The van der Waals surface area contributed by atoms with E-state index < -0.39 is 0 Å². The van der Waals surface area contributed by atoms with E-state index in [1.165, 1.54) is 0 Å². The lowest BCUT2D eigenvalue weighted by atomic mass is 10.0. The summed E-state index contributed by atoms with van der Waals surface area (Å²) < 4.78 is 0. The molecule has 112 valence electrons. The molecule has 1 aromatic rings. The predicted octanol–water partition coefficient (Wildman–Crippen LogP) is 3.56. The van der Waals surface area contributed by atoms with E-state index in [2.05, 4.69) is 22.1 Å². The van der Waals surface area contributed by atoms with Crippen LogP contribution in [0.3, 0.4) is 0 Å². The van der Waals surface area contributed by atoms with Crippen molar-refractivity contribution < 1.29 is 5.11 Å². The number of piperidine rings is 1. The first-order chi connectivity index (χ1) is 9.67. The van der Waals surface area contributed by atoms with E-state index in [1.807, 2.05) is 0 Å². The Labute approximate surface area is 130 Å². The van der Waals surface area contributed by atoms with Crippen LogP contribution in [-0.2, 0) is 0 Å². The highest BCUT2D eigenvalue weighted by atomic mass is 35.5. The van der Waals surface area contributed by atoms with E-state index in [-0.39, 0.29) is 12.6 Å². The fraction of sp³-hybridized carbons (Fsp3) is 0.643. The van der Waals surface area contributed by atoms with Crippen molar-refractivity contribution in [3.05, 3.63) is 16.1 Å². The van der Waals surface area contributed by atoms with E-state index in [4.69, 9.17) is 23.2 Å². The number of aliphatic hydroxyl groups is 1. The third-order valence-corrected chi connectivity index (χ3v) is 4.13. The van der Waals surface area contributed by atoms with Gasteiger partial charge in [-0.05, 0) is 31.7 Å². The highest BCUT2D eigenvalue weighted by Gasteiger charge is 2.25. The van der Waals surface area contributed by atoms with Crippen LogP contribution in [0.2, 0.25) is 10.0 Å². The number of aliphatic hydroxyl groups excluding tert-OH is 1. The first-order valence-electron chi connectivity index (χ1n) is 7.14. The topological polar surface area (TPSA) is 48.4 Å². The molecule has 2 N–H and O–H groups in total. The molecule has 0 bridgehead atoms. The third kappa shape index (κ3) is 3.48. The fourth-order valence-corrected chi connectivity index (χ4v) is 3.03. The van der Waals surface area contributed by atoms with Crippen LogP contribution in [0.4, 0.5) is 11.6 Å². The molecule has 0 saturated carbocycles. The summed E-state index contributed by atoms with van der Waals surface area (Å²) in [5, 5.41) is 13.8. The van der Waals surface area contributed by atoms with E-state index in [9.17, 15) is 5.11 Å². The first kappa shape index (κ1) is 15.7. The second kappa shape index (κ2) is 7.34. The van der Waals surface area contributed by atoms with Gasteiger partial charge in [0, 0.05) is 13.1 Å². The molecule has 1 atom stereocenters. The summed E-state index contributed by atoms with van der Waals surface area (Å²) in [6.45, 7) is 3.90. The number of halogens is 2. The molecule has 0 radical (unpaired) electrons. The van der Waals surface area contributed by atoms with Crippen molar-refractivity contribution in [3.8, 4) is 0 Å². The molecule has 0 amide bonds. The molecule has 6 heteroatoms. The molecule has 2 rings (SSSR count). The molecule has 4 nitrogen and oxygen atoms in total. The Kier molecular flexibility index (Phi) is 5.75. The molecule has 1 aliphatic heterocycles. The van der Waals surface area contributed by atoms with Crippen LogP contribution in [0.1, 0.15) is 32.6 Å². The van der Waals surface area contributed by atoms with Crippen LogP contribution < -0.4 is 10.2 Å². The first-order valence-corrected chi connectivity index (χ1v) is 7.90. The van der Waals surface area contributed by atoms with Gasteiger partial charge in [-0.15, -0.1) is 0 Å². The second-order valence-electron chi connectivity index (χ2n) is 5.08. The van der Waals surface area contributed by atoms with Crippen molar-refractivity contribution >= 4 is 34.8 Å². The largest absolute Gasteiger partial charge is 0.394 e. The lowest BCUT2D eigenvalue weighted by molar-refractivity contribution is 0.239. The number of rotatable bonds is 5. The molecule has 20 heavy (non-hydrogen) atoms. The van der Waals surface area contributed by atoms with Gasteiger partial charge in [0.05, 0.1) is 22.7 Å². The Morgan fingerprint density at radius 2 is 2.20 bits per heavy atom. The Morgan fingerprint density at radius 3 is 2.90 bits per heavy atom. The van der Waals surface area contributed by atoms with Crippen LogP contribution in [0, 0.1) is 0 Å². The normalized spacial score (nSPS) is 19.2. The maximum Gasteiger partial charge on any atom is 0.150 e. The minimum atomic E-state index is 0.0916. The standard InChI is InChI=1S/C14H21Cl2N3O/c1-2-6-17-13-11(15)8-12(16)14(18-13)19-7-4-3-5-10(19)9-20/h8,10,20H,2-7,9H2,1H3,(H,17,18). The van der Waals surface area contributed by atoms with E-state index in [0.29, 0.717) is 21.7 Å². The third-order valence-electron chi connectivity index (χ3n) is 3.56. The summed E-state index contributed by atoms with van der Waals surface area (Å²) >= 11 is 12.5. The summed E-state index contributed by atoms with van der Waals surface area (Å²) in [6, 6.07) is 1.82. The number of hydrogen-bond donors (Lipinski definition) is 2. The molecule has 1 unspecified atom stereocenters. The minimum Gasteiger partial charge on any atom is -0.394 e. The number of nitrogens with one attached hydrogen (secondary N) is 1. The fourth-order valence-electron chi connectivity index (χ4n) is 2.49. The maximum absolute atomic E-state index is 9.52. The van der Waals surface area contributed by atoms with Gasteiger partial charge in [-0.1, -0.05) is 30.1 Å². The van der Waals surface area contributed by atoms with Gasteiger partial charge < -0.3 is 15.3 Å². The van der Waals surface area contributed by atoms with Gasteiger partial charge in [0.25, 0.3) is 0 Å². The molecule has 1 fully saturated rings. The van der Waals surface area contributed by atoms with Crippen molar-refractivity contribution in [2.75, 3.05) is 29.9 Å². The number of nitrogens with zero attached hydrogens (tertiary/aromatic N) is 2. The smallest absolute Gasteiger partial charge is 0.150 e. The number of pyridine rings is 1. The van der Waals surface area contributed by atoms with Crippen LogP contribution in [0.5, 0.6) is 0 Å². The van der Waals surface area contributed by atoms with Gasteiger partial charge >= 0.3 is 0 Å². The van der Waals surface area contributed by atoms with Crippen molar-refractivity contribution in [2.45, 2.75) is 38.6 Å². The Hall–Kier alpha value is -0.710. The molecule has 0 spiro atoms. The predicted molar refractivity (Wildman–Crippen MR) is 85.1 cm³/mol. The average molecular weight is 318 g/mol. The molecule has 1 aromatic heterocycles. The lowest BCUT2D eigenvalue weighted by Crippen LogP contribution is -2.42. The monoisotopic (exact) mass is 317 g/mol. The average Bonchev–Trinajstić information content (AvgIpc) is 2.46. The van der Waals surface area contributed by atoms with Crippen LogP contribution >= 0.6 is 23.2 Å². The Morgan fingerprint density at radius 1 is 1.40 bits per heavy atom. The quantitative estimate of drug-likeness (QED) is 0.871. The molecular weight excluding hydrogens is 297 g/mol. The Balaban J connectivity index is 2.29. The number of aromatic nitrogens is 1. The summed E-state index contributed by atoms with van der Waals surface area (Å²) in [7, 11) is 0. The maximum atomic E-state index is 9.52. The van der Waals surface area contributed by atoms with E-state index >= 15 is 0 Å². The number of hydrogen-bond acceptors (Lipinski definition) is 4. The summed E-state index contributed by atoms with van der Waals surface area (Å²) in [4.78, 5) is 6.67. The minimum absolute atomic E-state index is 0.0916. The van der Waals surface area contributed by atoms with Crippen molar-refractivity contribution in [1.82, 2.24) is 4.98 Å². The van der Waals surface area contributed by atoms with Crippen LogP contribution in [0.25, 0.3) is 0 Å². The van der Waals surface area contributed by atoms with Crippen molar-refractivity contribution in [3.63, 3.8) is 0 Å². The number of anilines is 2. The van der Waals surface area contributed by atoms with Gasteiger partial charge in [-0.3, -0.25) is 0 Å². The highest BCUT2D eigenvalue weighted by molar-refractivity contribution is 6.37. The van der Waals surface area contributed by atoms with E-state index in [1.54, 1.807) is 6.07 Å². The Bertz CT molecular complexity index is 456. The van der Waals surface area contributed by atoms with Gasteiger partial charge in [-0.25, -0.2) is 4.98 Å². The lowest BCUT2D eigenvalue weighted by Gasteiger charge is -2.36. The van der Waals surface area contributed by atoms with Gasteiger partial charge in [0.15, 0.2) is 0 Å². The van der Waals surface area contributed by atoms with Crippen LogP contribution in [-0.4, -0.2) is 35.8 Å². The zero-order valence-electron chi connectivity index (χ0n) is 11.7. The molecule has 2 heterocycles. The molecule has 1 aliphatic rings. The van der Waals surface area contributed by atoms with Gasteiger partial charge in [0.1, 0.15) is 11.6 Å². The molecule has 0 aromatic carbocycles. The molecular formula is C14H21Cl2N3O. The highest BCUT2D eigenvalue weighted by Crippen LogP contribution is 2.34. The SMILES string of the molecule is CCCNc1nc(N2CCCCC2CO)c(Cl)cc1Cl. The van der Waals surface area contributed by atoms with Crippen LogP contribution in [0.15, 0.2) is 6.07 Å². The summed E-state index contributed by atoms with van der Waals surface area (Å²) in [6.07, 6.45) is 4.19. The van der Waals surface area contributed by atoms with Gasteiger partial charge in [-0.2, -0.15) is 0 Å². The van der Waals surface area contributed by atoms with Gasteiger partial charge in [0.2, 0.25) is 0 Å². The van der Waals surface area contributed by atoms with E-state index in [0.717, 1.165) is 38.8 Å². The summed E-state index contributed by atoms with van der Waals surface area (Å²) in [5.74, 6) is 1.38. The molecule has 0 aliphatic carbocycles.